The number of rotatable bonds is 6. The van der Waals surface area contributed by atoms with Crippen molar-refractivity contribution in [2.45, 2.75) is 51.5 Å². The lowest BCUT2D eigenvalue weighted by molar-refractivity contribution is -0.121. The van der Waals surface area contributed by atoms with Gasteiger partial charge in [0.2, 0.25) is 5.91 Å². The fourth-order valence-corrected chi connectivity index (χ4v) is 2.03. The smallest absolute Gasteiger partial charge is 0.221 e. The third kappa shape index (κ3) is 3.49. The third-order valence-corrected chi connectivity index (χ3v) is 3.64. The lowest BCUT2D eigenvalue weighted by atomic mass is 9.70. The van der Waals surface area contributed by atoms with Gasteiger partial charge < -0.3 is 10.6 Å². The first-order chi connectivity index (χ1) is 7.18. The first kappa shape index (κ1) is 10.9. The normalized spacial score (nSPS) is 23.3. The molecule has 15 heavy (non-hydrogen) atoms. The Kier molecular flexibility index (Phi) is 3.29. The second kappa shape index (κ2) is 4.52. The second-order valence-corrected chi connectivity index (χ2v) is 5.42. The first-order valence-electron chi connectivity index (χ1n) is 6.18. The van der Waals surface area contributed by atoms with E-state index in [1.54, 1.807) is 0 Å². The number of carbonyl (C=O) groups is 1. The van der Waals surface area contributed by atoms with E-state index in [0.29, 0.717) is 17.9 Å². The van der Waals surface area contributed by atoms with Crippen molar-refractivity contribution >= 4 is 5.91 Å². The molecule has 0 radical (unpaired) electrons. The Morgan fingerprint density at radius 1 is 1.40 bits per heavy atom. The minimum atomic E-state index is 0.205. The number of nitrogens with one attached hydrogen (secondary N) is 2. The van der Waals surface area contributed by atoms with Crippen molar-refractivity contribution in [3.63, 3.8) is 0 Å². The van der Waals surface area contributed by atoms with Crippen molar-refractivity contribution in [2.75, 3.05) is 13.1 Å². The van der Waals surface area contributed by atoms with E-state index in [1.807, 2.05) is 0 Å². The molecule has 2 aliphatic rings. The van der Waals surface area contributed by atoms with Crippen LogP contribution in [0.4, 0.5) is 0 Å². The van der Waals surface area contributed by atoms with E-state index in [0.717, 1.165) is 13.1 Å². The molecule has 0 atom stereocenters. The van der Waals surface area contributed by atoms with Crippen LogP contribution in [0.2, 0.25) is 0 Å². The molecule has 0 aromatic rings. The van der Waals surface area contributed by atoms with Gasteiger partial charge in [-0.3, -0.25) is 4.79 Å². The molecule has 0 unspecified atom stereocenters. The number of hydrogen-bond donors (Lipinski definition) is 2. The van der Waals surface area contributed by atoms with Gasteiger partial charge in [0.05, 0.1) is 0 Å². The van der Waals surface area contributed by atoms with Crippen molar-refractivity contribution in [2.24, 2.45) is 5.41 Å². The van der Waals surface area contributed by atoms with Gasteiger partial charge in [0.15, 0.2) is 0 Å². The van der Waals surface area contributed by atoms with Gasteiger partial charge in [-0.15, -0.1) is 0 Å². The van der Waals surface area contributed by atoms with Gasteiger partial charge in [0.1, 0.15) is 0 Å². The molecule has 0 bridgehead atoms. The molecule has 0 aromatic carbocycles. The van der Waals surface area contributed by atoms with Crippen molar-refractivity contribution in [3.05, 3.63) is 0 Å². The Bertz CT molecular complexity index is 232. The van der Waals surface area contributed by atoms with Gasteiger partial charge in [-0.2, -0.15) is 0 Å². The van der Waals surface area contributed by atoms with Crippen molar-refractivity contribution in [3.8, 4) is 0 Å². The maximum absolute atomic E-state index is 11.5. The minimum absolute atomic E-state index is 0.205. The number of carbonyl (C=O) groups excluding carboxylic acids is 1. The summed E-state index contributed by atoms with van der Waals surface area (Å²) in [5.41, 5.74) is 0.402. The van der Waals surface area contributed by atoms with Crippen LogP contribution in [-0.2, 0) is 4.79 Å². The molecule has 0 heterocycles. The maximum atomic E-state index is 11.5. The SMILES string of the molecule is CC1(CNC(=O)CCNC2CC2)CCC1. The van der Waals surface area contributed by atoms with Crippen molar-refractivity contribution in [1.29, 1.82) is 0 Å². The Labute approximate surface area is 92.0 Å². The van der Waals surface area contributed by atoms with E-state index in [9.17, 15) is 4.79 Å². The molecular formula is C12H22N2O. The standard InChI is InChI=1S/C12H22N2O/c1-12(6-2-7-12)9-14-11(15)5-8-13-10-3-4-10/h10,13H,2-9H2,1H3,(H,14,15). The maximum Gasteiger partial charge on any atom is 0.221 e. The van der Waals surface area contributed by atoms with Crippen LogP contribution >= 0.6 is 0 Å². The fourth-order valence-electron chi connectivity index (χ4n) is 2.03. The van der Waals surface area contributed by atoms with Crippen LogP contribution in [0.5, 0.6) is 0 Å². The highest BCUT2D eigenvalue weighted by atomic mass is 16.1. The van der Waals surface area contributed by atoms with E-state index < -0.39 is 0 Å². The predicted octanol–water partition coefficient (Wildman–Crippen LogP) is 1.43. The molecule has 3 nitrogen and oxygen atoms in total. The van der Waals surface area contributed by atoms with E-state index >= 15 is 0 Å². The largest absolute Gasteiger partial charge is 0.356 e. The van der Waals surface area contributed by atoms with Crippen LogP contribution in [0.3, 0.4) is 0 Å². The van der Waals surface area contributed by atoms with Crippen LogP contribution in [0, 0.1) is 5.41 Å². The predicted molar refractivity (Wildman–Crippen MR) is 60.6 cm³/mol. The molecular weight excluding hydrogens is 188 g/mol. The van der Waals surface area contributed by atoms with Gasteiger partial charge >= 0.3 is 0 Å². The summed E-state index contributed by atoms with van der Waals surface area (Å²) in [6, 6.07) is 0.710. The number of amides is 1. The molecule has 86 valence electrons. The van der Waals surface area contributed by atoms with Crippen LogP contribution in [0.25, 0.3) is 0 Å². The van der Waals surface area contributed by atoms with E-state index in [2.05, 4.69) is 17.6 Å². The molecule has 1 amide bonds. The zero-order chi connectivity index (χ0) is 10.7. The zero-order valence-corrected chi connectivity index (χ0v) is 9.64. The average Bonchev–Trinajstić information content (AvgIpc) is 2.95. The molecule has 2 N–H and O–H groups in total. The van der Waals surface area contributed by atoms with Gasteiger partial charge in [-0.05, 0) is 31.1 Å². The summed E-state index contributed by atoms with van der Waals surface area (Å²) < 4.78 is 0. The molecule has 0 spiro atoms. The second-order valence-electron chi connectivity index (χ2n) is 5.42. The molecule has 0 aliphatic heterocycles. The van der Waals surface area contributed by atoms with Gasteiger partial charge in [-0.25, -0.2) is 0 Å². The quantitative estimate of drug-likeness (QED) is 0.696. The average molecular weight is 210 g/mol. The lowest BCUT2D eigenvalue weighted by Gasteiger charge is -2.38. The first-order valence-corrected chi connectivity index (χ1v) is 6.18. The summed E-state index contributed by atoms with van der Waals surface area (Å²) in [5.74, 6) is 0.205. The summed E-state index contributed by atoms with van der Waals surface area (Å²) in [5, 5.41) is 6.39. The summed E-state index contributed by atoms with van der Waals surface area (Å²) in [6.07, 6.45) is 7.09. The third-order valence-electron chi connectivity index (χ3n) is 3.64. The lowest BCUT2D eigenvalue weighted by Crippen LogP contribution is -2.40. The highest BCUT2D eigenvalue weighted by Gasteiger charge is 2.31. The minimum Gasteiger partial charge on any atom is -0.356 e. The Balaban J connectivity index is 1.51. The van der Waals surface area contributed by atoms with Crippen LogP contribution < -0.4 is 10.6 Å². The summed E-state index contributed by atoms with van der Waals surface area (Å²) in [6.45, 7) is 3.97. The highest BCUT2D eigenvalue weighted by Crippen LogP contribution is 2.39. The van der Waals surface area contributed by atoms with Crippen LogP contribution in [0.1, 0.15) is 45.4 Å². The van der Waals surface area contributed by atoms with E-state index in [1.165, 1.54) is 32.1 Å². The van der Waals surface area contributed by atoms with E-state index in [4.69, 9.17) is 0 Å². The highest BCUT2D eigenvalue weighted by molar-refractivity contribution is 5.76. The topological polar surface area (TPSA) is 41.1 Å². The molecule has 3 heteroatoms. The molecule has 2 rings (SSSR count). The fraction of sp³-hybridized carbons (Fsp3) is 0.917. The molecule has 0 aromatic heterocycles. The monoisotopic (exact) mass is 210 g/mol. The molecule has 2 aliphatic carbocycles. The molecule has 0 saturated heterocycles. The van der Waals surface area contributed by atoms with Crippen molar-refractivity contribution < 1.29 is 4.79 Å². The Morgan fingerprint density at radius 3 is 2.67 bits per heavy atom. The van der Waals surface area contributed by atoms with Gasteiger partial charge in [-0.1, -0.05) is 13.3 Å². The Morgan fingerprint density at radius 2 is 2.13 bits per heavy atom. The summed E-state index contributed by atoms with van der Waals surface area (Å²) >= 11 is 0. The van der Waals surface area contributed by atoms with Crippen LogP contribution in [0.15, 0.2) is 0 Å². The Hall–Kier alpha value is -0.570. The summed E-state index contributed by atoms with van der Waals surface area (Å²) in [4.78, 5) is 11.5. The molecule has 2 saturated carbocycles. The molecule has 2 fully saturated rings. The van der Waals surface area contributed by atoms with Gasteiger partial charge in [0, 0.05) is 25.6 Å². The van der Waals surface area contributed by atoms with Crippen LogP contribution in [-0.4, -0.2) is 25.0 Å². The summed E-state index contributed by atoms with van der Waals surface area (Å²) in [7, 11) is 0. The zero-order valence-electron chi connectivity index (χ0n) is 9.64. The van der Waals surface area contributed by atoms with Crippen molar-refractivity contribution in [1.82, 2.24) is 10.6 Å². The van der Waals surface area contributed by atoms with Gasteiger partial charge in [0.25, 0.3) is 0 Å². The number of hydrogen-bond acceptors (Lipinski definition) is 2. The van der Waals surface area contributed by atoms with E-state index in [-0.39, 0.29) is 5.91 Å².